The number of hydrogen-bond donors (Lipinski definition) is 1. The van der Waals surface area contributed by atoms with Crippen LogP contribution in [0.15, 0.2) is 86.9 Å². The van der Waals surface area contributed by atoms with Crippen molar-refractivity contribution in [2.24, 2.45) is 0 Å². The first-order valence-electron chi connectivity index (χ1n) is 9.82. The molecule has 1 aromatic heterocycles. The minimum Gasteiger partial charge on any atom is -0.495 e. The van der Waals surface area contributed by atoms with Gasteiger partial charge in [-0.2, -0.15) is 0 Å². The number of aryl methyl sites for hydroxylation is 1. The molecule has 7 nitrogen and oxygen atoms in total. The van der Waals surface area contributed by atoms with Crippen molar-refractivity contribution in [2.45, 2.75) is 11.8 Å². The van der Waals surface area contributed by atoms with Gasteiger partial charge >= 0.3 is 5.63 Å². The topological polar surface area (TPSA) is 88.8 Å². The molecule has 0 radical (unpaired) electrons. The molecule has 1 heterocycles. The molecule has 0 unspecified atom stereocenters. The summed E-state index contributed by atoms with van der Waals surface area (Å²) in [7, 11) is -0.561. The summed E-state index contributed by atoms with van der Waals surface area (Å²) in [5.74, 6) is 0.371. The summed E-state index contributed by atoms with van der Waals surface area (Å²) in [6.45, 7) is 1.89. The minimum absolute atomic E-state index is 0.149. The molecule has 8 heteroatoms. The smallest absolute Gasteiger partial charge is 0.338 e. The summed E-state index contributed by atoms with van der Waals surface area (Å²) in [4.78, 5) is 14.0. The maximum Gasteiger partial charge on any atom is 0.338 e. The van der Waals surface area contributed by atoms with Crippen molar-refractivity contribution in [3.8, 4) is 5.75 Å². The number of ether oxygens (including phenoxy) is 1. The Bertz CT molecular complexity index is 1440. The number of nitrogens with one attached hydrogen (secondary N) is 1. The molecule has 0 aliphatic carbocycles. The molecule has 1 N–H and O–H groups in total. The summed E-state index contributed by atoms with van der Waals surface area (Å²) in [5, 5.41) is 0.757. The van der Waals surface area contributed by atoms with Crippen LogP contribution in [0.2, 0.25) is 0 Å². The summed E-state index contributed by atoms with van der Waals surface area (Å²) in [6.07, 6.45) is 0. The van der Waals surface area contributed by atoms with E-state index >= 15 is 0 Å². The van der Waals surface area contributed by atoms with Crippen LogP contribution in [0, 0.1) is 6.92 Å². The van der Waals surface area contributed by atoms with E-state index in [0.717, 1.165) is 10.9 Å². The largest absolute Gasteiger partial charge is 0.495 e. The van der Waals surface area contributed by atoms with Crippen molar-refractivity contribution in [3.05, 3.63) is 88.8 Å². The second-order valence-electron chi connectivity index (χ2n) is 7.31. The lowest BCUT2D eigenvalue weighted by Crippen LogP contribution is -2.16. The number of hydrogen-bond acceptors (Lipinski definition) is 6. The third-order valence-electron chi connectivity index (χ3n) is 5.14. The van der Waals surface area contributed by atoms with E-state index in [1.54, 1.807) is 66.5 Å². The lowest BCUT2D eigenvalue weighted by molar-refractivity contribution is 0.417. The Morgan fingerprint density at radius 2 is 1.69 bits per heavy atom. The fraction of sp³-hybridized carbons (Fsp3) is 0.125. The van der Waals surface area contributed by atoms with Crippen LogP contribution in [0.1, 0.15) is 5.56 Å². The van der Waals surface area contributed by atoms with Crippen LogP contribution in [-0.2, 0) is 10.0 Å². The average molecular weight is 451 g/mol. The first kappa shape index (κ1) is 21.5. The maximum atomic E-state index is 12.9. The molecule has 0 spiro atoms. The summed E-state index contributed by atoms with van der Waals surface area (Å²) in [6, 6.07) is 20.3. The molecule has 3 aromatic carbocycles. The molecule has 0 amide bonds. The van der Waals surface area contributed by atoms with Crippen molar-refractivity contribution in [1.29, 1.82) is 0 Å². The number of sulfonamides is 1. The van der Waals surface area contributed by atoms with Gasteiger partial charge in [0.05, 0.1) is 23.4 Å². The molecule has 0 aliphatic heterocycles. The van der Waals surface area contributed by atoms with Crippen molar-refractivity contribution in [2.75, 3.05) is 23.8 Å². The van der Waals surface area contributed by atoms with E-state index in [0.29, 0.717) is 22.7 Å². The molecular weight excluding hydrogens is 428 g/mol. The Hall–Kier alpha value is -3.78. The second-order valence-corrected chi connectivity index (χ2v) is 8.99. The number of nitrogens with zero attached hydrogens (tertiary/aromatic N) is 1. The van der Waals surface area contributed by atoms with Gasteiger partial charge in [0, 0.05) is 24.2 Å². The third kappa shape index (κ3) is 4.17. The van der Waals surface area contributed by atoms with Crippen LogP contribution in [-0.4, -0.2) is 22.6 Å². The first-order chi connectivity index (χ1) is 15.3. The van der Waals surface area contributed by atoms with Gasteiger partial charge in [-0.05, 0) is 49.4 Å². The second kappa shape index (κ2) is 8.39. The summed E-state index contributed by atoms with van der Waals surface area (Å²) >= 11 is 0. The molecule has 164 valence electrons. The monoisotopic (exact) mass is 450 g/mol. The van der Waals surface area contributed by atoms with E-state index in [4.69, 9.17) is 9.15 Å². The number of methoxy groups -OCH3 is 1. The summed E-state index contributed by atoms with van der Waals surface area (Å²) in [5.41, 5.74) is 2.53. The van der Waals surface area contributed by atoms with Crippen molar-refractivity contribution >= 4 is 38.1 Å². The van der Waals surface area contributed by atoms with Crippen LogP contribution in [0.3, 0.4) is 0 Å². The van der Waals surface area contributed by atoms with Gasteiger partial charge in [-0.25, -0.2) is 13.2 Å². The Kier molecular flexibility index (Phi) is 5.63. The molecule has 4 rings (SSSR count). The maximum absolute atomic E-state index is 12.9. The zero-order chi connectivity index (χ0) is 22.9. The number of fused-ring (bicyclic) bond motifs is 1. The van der Waals surface area contributed by atoms with Gasteiger partial charge in [0.2, 0.25) is 0 Å². The average Bonchev–Trinajstić information content (AvgIpc) is 2.78. The van der Waals surface area contributed by atoms with Gasteiger partial charge in [-0.15, -0.1) is 0 Å². The lowest BCUT2D eigenvalue weighted by atomic mass is 10.1. The molecule has 0 bridgehead atoms. The highest BCUT2D eigenvalue weighted by molar-refractivity contribution is 7.92. The Morgan fingerprint density at radius 1 is 0.969 bits per heavy atom. The predicted octanol–water partition coefficient (Wildman–Crippen LogP) is 4.68. The highest BCUT2D eigenvalue weighted by atomic mass is 32.2. The zero-order valence-electron chi connectivity index (χ0n) is 17.8. The van der Waals surface area contributed by atoms with E-state index in [9.17, 15) is 13.2 Å². The molecule has 0 fully saturated rings. The van der Waals surface area contributed by atoms with Gasteiger partial charge in [0.25, 0.3) is 10.0 Å². The molecule has 4 aromatic rings. The van der Waals surface area contributed by atoms with E-state index in [2.05, 4.69) is 4.72 Å². The highest BCUT2D eigenvalue weighted by Crippen LogP contribution is 2.35. The Balaban J connectivity index is 1.76. The van der Waals surface area contributed by atoms with Crippen molar-refractivity contribution in [3.63, 3.8) is 0 Å². The SMILES string of the molecule is COc1ccc(N(C)c2cc(=O)oc3ccccc23)cc1NS(=O)(=O)c1ccc(C)cc1. The van der Waals surface area contributed by atoms with Crippen molar-refractivity contribution < 1.29 is 17.6 Å². The first-order valence-corrected chi connectivity index (χ1v) is 11.3. The molecule has 0 saturated carbocycles. The van der Waals surface area contributed by atoms with Gasteiger partial charge in [-0.3, -0.25) is 4.72 Å². The predicted molar refractivity (Wildman–Crippen MR) is 126 cm³/mol. The van der Waals surface area contributed by atoms with E-state index < -0.39 is 15.6 Å². The van der Waals surface area contributed by atoms with Crippen LogP contribution < -0.4 is 20.0 Å². The zero-order valence-corrected chi connectivity index (χ0v) is 18.6. The highest BCUT2D eigenvalue weighted by Gasteiger charge is 2.19. The van der Waals surface area contributed by atoms with E-state index in [1.807, 2.05) is 19.1 Å². The van der Waals surface area contributed by atoms with Crippen LogP contribution in [0.5, 0.6) is 5.75 Å². The molecular formula is C24H22N2O5S. The lowest BCUT2D eigenvalue weighted by Gasteiger charge is -2.22. The van der Waals surface area contributed by atoms with Gasteiger partial charge in [-0.1, -0.05) is 29.8 Å². The quantitative estimate of drug-likeness (QED) is 0.429. The van der Waals surface area contributed by atoms with Crippen LogP contribution >= 0.6 is 0 Å². The Labute approximate surface area is 185 Å². The van der Waals surface area contributed by atoms with E-state index in [-0.39, 0.29) is 10.6 Å². The number of benzene rings is 3. The fourth-order valence-electron chi connectivity index (χ4n) is 3.42. The Morgan fingerprint density at radius 3 is 2.41 bits per heavy atom. The van der Waals surface area contributed by atoms with E-state index in [1.165, 1.54) is 13.2 Å². The van der Waals surface area contributed by atoms with Crippen LogP contribution in [0.25, 0.3) is 11.0 Å². The fourth-order valence-corrected chi connectivity index (χ4v) is 4.48. The molecule has 0 aliphatic rings. The third-order valence-corrected chi connectivity index (χ3v) is 6.52. The van der Waals surface area contributed by atoms with Gasteiger partial charge in [0.15, 0.2) is 0 Å². The van der Waals surface area contributed by atoms with Crippen molar-refractivity contribution in [1.82, 2.24) is 0 Å². The number of para-hydroxylation sites is 1. The normalized spacial score (nSPS) is 11.3. The number of anilines is 3. The standard InChI is InChI=1S/C24H22N2O5S/c1-16-8-11-18(12-9-16)32(28,29)25-20-14-17(10-13-23(20)30-3)26(2)21-15-24(27)31-22-7-5-4-6-19(21)22/h4-15,25H,1-3H3. The summed E-state index contributed by atoms with van der Waals surface area (Å²) < 4.78 is 39.1. The van der Waals surface area contributed by atoms with Gasteiger partial charge in [0.1, 0.15) is 11.3 Å². The van der Waals surface area contributed by atoms with Gasteiger partial charge < -0.3 is 14.1 Å². The number of rotatable bonds is 6. The molecule has 0 atom stereocenters. The molecule has 0 saturated heterocycles. The van der Waals surface area contributed by atoms with Crippen LogP contribution in [0.4, 0.5) is 17.1 Å². The minimum atomic E-state index is -3.82. The molecule has 32 heavy (non-hydrogen) atoms.